The van der Waals surface area contributed by atoms with Crippen LogP contribution < -0.4 is 19.5 Å². The van der Waals surface area contributed by atoms with Gasteiger partial charge in [-0.05, 0) is 58.7 Å². The number of carbonyl (C=O) groups is 1. The molecule has 7 heteroatoms. The Morgan fingerprint density at radius 2 is 1.68 bits per heavy atom. The third-order valence-electron chi connectivity index (χ3n) is 7.40. The molecule has 40 heavy (non-hydrogen) atoms. The van der Waals surface area contributed by atoms with Crippen LogP contribution in [0.15, 0.2) is 84.9 Å². The van der Waals surface area contributed by atoms with E-state index in [0.717, 1.165) is 18.7 Å². The van der Waals surface area contributed by atoms with Gasteiger partial charge in [-0.1, -0.05) is 48.5 Å². The van der Waals surface area contributed by atoms with Crippen molar-refractivity contribution < 1.29 is 23.4 Å². The molecule has 5 rings (SSSR count). The van der Waals surface area contributed by atoms with Crippen LogP contribution in [0.1, 0.15) is 17.5 Å². The summed E-state index contributed by atoms with van der Waals surface area (Å²) in [6.07, 6.45) is 0.696. The number of nitrogens with zero attached hydrogens (tertiary/aromatic N) is 1. The highest BCUT2D eigenvalue weighted by atomic mass is 19.1. The van der Waals surface area contributed by atoms with Gasteiger partial charge < -0.3 is 19.5 Å². The van der Waals surface area contributed by atoms with Gasteiger partial charge in [0.15, 0.2) is 11.5 Å². The molecule has 0 aliphatic carbocycles. The van der Waals surface area contributed by atoms with Gasteiger partial charge in [-0.2, -0.15) is 0 Å². The molecule has 6 nitrogen and oxygen atoms in total. The summed E-state index contributed by atoms with van der Waals surface area (Å²) < 4.78 is 30.4. The summed E-state index contributed by atoms with van der Waals surface area (Å²) in [5.41, 5.74) is 2.13. The van der Waals surface area contributed by atoms with Crippen molar-refractivity contribution in [1.29, 1.82) is 0 Å². The van der Waals surface area contributed by atoms with Crippen LogP contribution in [-0.2, 0) is 17.9 Å². The standard InChI is InChI=1S/C33H35FN2O4/c1-38-31-13-11-23(16-32(31)39-2)18-35-33(37)28-15-25(22-40-30-9-5-8-29(34)17-30)20-36(21-28)19-24-10-12-26-6-3-4-7-27(26)14-24/h3-14,16-17,25,28H,15,18-22H2,1-2H3,(H,35,37)/t25-,28+/m0/s1. The second kappa shape index (κ2) is 12.8. The maximum atomic E-state index is 13.7. The lowest BCUT2D eigenvalue weighted by molar-refractivity contribution is -0.128. The van der Waals surface area contributed by atoms with Gasteiger partial charge in [0.05, 0.1) is 26.7 Å². The fourth-order valence-electron chi connectivity index (χ4n) is 5.43. The molecule has 0 unspecified atom stereocenters. The number of methoxy groups -OCH3 is 2. The van der Waals surface area contributed by atoms with Gasteiger partial charge in [-0.15, -0.1) is 0 Å². The first-order valence-corrected chi connectivity index (χ1v) is 13.6. The summed E-state index contributed by atoms with van der Waals surface area (Å²) in [6.45, 7) is 2.99. The number of ether oxygens (including phenoxy) is 3. The molecule has 1 saturated heterocycles. The van der Waals surface area contributed by atoms with Crippen molar-refractivity contribution in [1.82, 2.24) is 10.2 Å². The molecule has 1 amide bonds. The topological polar surface area (TPSA) is 60.0 Å². The quantitative estimate of drug-likeness (QED) is 0.273. The fourth-order valence-corrected chi connectivity index (χ4v) is 5.43. The number of nitrogens with one attached hydrogen (secondary N) is 1. The Balaban J connectivity index is 1.28. The molecule has 1 aliphatic heterocycles. The van der Waals surface area contributed by atoms with Crippen LogP contribution in [0.3, 0.4) is 0 Å². The van der Waals surface area contributed by atoms with E-state index < -0.39 is 0 Å². The van der Waals surface area contributed by atoms with E-state index in [4.69, 9.17) is 14.2 Å². The Bertz CT molecular complexity index is 1460. The first-order valence-electron chi connectivity index (χ1n) is 13.6. The number of carbonyl (C=O) groups excluding carboxylic acids is 1. The zero-order valence-corrected chi connectivity index (χ0v) is 22.9. The predicted octanol–water partition coefficient (Wildman–Crippen LogP) is 5.83. The van der Waals surface area contributed by atoms with E-state index in [1.54, 1.807) is 26.4 Å². The molecular weight excluding hydrogens is 507 g/mol. The van der Waals surface area contributed by atoms with Crippen molar-refractivity contribution in [2.24, 2.45) is 11.8 Å². The van der Waals surface area contributed by atoms with Crippen LogP contribution in [-0.4, -0.2) is 44.7 Å². The molecule has 2 atom stereocenters. The van der Waals surface area contributed by atoms with Crippen molar-refractivity contribution in [3.8, 4) is 17.2 Å². The van der Waals surface area contributed by atoms with Gasteiger partial charge in [-0.3, -0.25) is 9.69 Å². The van der Waals surface area contributed by atoms with E-state index in [1.165, 1.54) is 28.5 Å². The van der Waals surface area contributed by atoms with Gasteiger partial charge in [0.25, 0.3) is 0 Å². The van der Waals surface area contributed by atoms with Crippen molar-refractivity contribution in [3.05, 3.63) is 102 Å². The second-order valence-corrected chi connectivity index (χ2v) is 10.3. The first-order chi connectivity index (χ1) is 19.5. The number of hydrogen-bond acceptors (Lipinski definition) is 5. The van der Waals surface area contributed by atoms with Crippen molar-refractivity contribution in [2.75, 3.05) is 33.9 Å². The van der Waals surface area contributed by atoms with Crippen LogP contribution in [0.5, 0.6) is 17.2 Å². The summed E-state index contributed by atoms with van der Waals surface area (Å²) in [5, 5.41) is 5.52. The summed E-state index contributed by atoms with van der Waals surface area (Å²) in [5.74, 6) is 1.38. The van der Waals surface area contributed by atoms with Gasteiger partial charge >= 0.3 is 0 Å². The highest BCUT2D eigenvalue weighted by Gasteiger charge is 2.32. The highest BCUT2D eigenvalue weighted by Crippen LogP contribution is 2.29. The first kappa shape index (κ1) is 27.5. The summed E-state index contributed by atoms with van der Waals surface area (Å²) in [7, 11) is 3.19. The molecular formula is C33H35FN2O4. The Labute approximate surface area is 234 Å². The number of fused-ring (bicyclic) bond motifs is 1. The SMILES string of the molecule is COc1ccc(CNC(=O)[C@@H]2C[C@H](COc3cccc(F)c3)CN(Cc3ccc4ccccc4c3)C2)cc1OC. The fraction of sp³-hybridized carbons (Fsp3) is 0.303. The maximum Gasteiger partial charge on any atom is 0.224 e. The number of hydrogen-bond donors (Lipinski definition) is 1. The molecule has 0 radical (unpaired) electrons. The molecule has 1 heterocycles. The second-order valence-electron chi connectivity index (χ2n) is 10.3. The number of halogens is 1. The molecule has 208 valence electrons. The Morgan fingerprint density at radius 1 is 0.875 bits per heavy atom. The van der Waals surface area contributed by atoms with Crippen molar-refractivity contribution in [2.45, 2.75) is 19.5 Å². The molecule has 0 spiro atoms. The lowest BCUT2D eigenvalue weighted by Gasteiger charge is -2.37. The van der Waals surface area contributed by atoms with Crippen LogP contribution in [0.25, 0.3) is 10.8 Å². The number of amides is 1. The van der Waals surface area contributed by atoms with Crippen LogP contribution in [0.4, 0.5) is 4.39 Å². The number of rotatable bonds is 10. The molecule has 1 fully saturated rings. The molecule has 1 N–H and O–H groups in total. The lowest BCUT2D eigenvalue weighted by atomic mass is 9.88. The van der Waals surface area contributed by atoms with E-state index in [0.29, 0.717) is 43.4 Å². The van der Waals surface area contributed by atoms with Gasteiger partial charge in [0, 0.05) is 38.2 Å². The van der Waals surface area contributed by atoms with E-state index in [1.807, 2.05) is 30.3 Å². The zero-order chi connectivity index (χ0) is 27.9. The molecule has 0 saturated carbocycles. The van der Waals surface area contributed by atoms with Gasteiger partial charge in [-0.25, -0.2) is 4.39 Å². The highest BCUT2D eigenvalue weighted by molar-refractivity contribution is 5.83. The van der Waals surface area contributed by atoms with Crippen molar-refractivity contribution in [3.63, 3.8) is 0 Å². The minimum atomic E-state index is -0.327. The number of likely N-dealkylation sites (tertiary alicyclic amines) is 1. The minimum Gasteiger partial charge on any atom is -0.493 e. The van der Waals surface area contributed by atoms with Gasteiger partial charge in [0.2, 0.25) is 5.91 Å². The third kappa shape index (κ3) is 6.90. The molecule has 1 aliphatic rings. The summed E-state index contributed by atoms with van der Waals surface area (Å²) in [4.78, 5) is 15.7. The smallest absolute Gasteiger partial charge is 0.224 e. The molecule has 0 aromatic heterocycles. The van der Waals surface area contributed by atoms with Crippen molar-refractivity contribution >= 4 is 16.7 Å². The molecule has 0 bridgehead atoms. The van der Waals surface area contributed by atoms with E-state index in [2.05, 4.69) is 40.5 Å². The molecule has 4 aromatic rings. The summed E-state index contributed by atoms with van der Waals surface area (Å²) in [6, 6.07) is 26.7. The third-order valence-corrected chi connectivity index (χ3v) is 7.40. The van der Waals surface area contributed by atoms with E-state index >= 15 is 0 Å². The minimum absolute atomic E-state index is 0.00810. The molecule has 4 aromatic carbocycles. The van der Waals surface area contributed by atoms with Crippen LogP contribution in [0.2, 0.25) is 0 Å². The number of benzene rings is 4. The normalized spacial score (nSPS) is 17.4. The Morgan fingerprint density at radius 3 is 2.48 bits per heavy atom. The maximum absolute atomic E-state index is 13.7. The summed E-state index contributed by atoms with van der Waals surface area (Å²) >= 11 is 0. The number of piperidine rings is 1. The average molecular weight is 543 g/mol. The zero-order valence-electron chi connectivity index (χ0n) is 22.9. The van der Waals surface area contributed by atoms with E-state index in [9.17, 15) is 9.18 Å². The van der Waals surface area contributed by atoms with E-state index in [-0.39, 0.29) is 23.6 Å². The lowest BCUT2D eigenvalue weighted by Crippen LogP contribution is -2.47. The van der Waals surface area contributed by atoms with Gasteiger partial charge in [0.1, 0.15) is 11.6 Å². The monoisotopic (exact) mass is 542 g/mol. The van der Waals surface area contributed by atoms with Crippen LogP contribution >= 0.6 is 0 Å². The Hall–Kier alpha value is -4.10. The largest absolute Gasteiger partial charge is 0.493 e. The average Bonchev–Trinajstić information content (AvgIpc) is 2.98. The predicted molar refractivity (Wildman–Crippen MR) is 154 cm³/mol. The van der Waals surface area contributed by atoms with Crippen LogP contribution in [0, 0.1) is 17.7 Å². The Kier molecular flexibility index (Phi) is 8.81.